The minimum absolute atomic E-state index is 0.00534. The van der Waals surface area contributed by atoms with Crippen LogP contribution in [0.15, 0.2) is 53.4 Å². The van der Waals surface area contributed by atoms with Crippen molar-refractivity contribution in [1.82, 2.24) is 24.9 Å². The maximum atomic E-state index is 14.5. The molecule has 4 rings (SSSR count). The van der Waals surface area contributed by atoms with Gasteiger partial charge in [-0.25, -0.2) is 18.7 Å². The molecule has 11 heteroatoms. The molecule has 0 saturated heterocycles. The molecule has 3 aromatic heterocycles. The smallest absolute Gasteiger partial charge is 0.311 e. The molecule has 0 aliphatic rings. The van der Waals surface area contributed by atoms with Gasteiger partial charge in [0.2, 0.25) is 0 Å². The van der Waals surface area contributed by atoms with Gasteiger partial charge in [-0.2, -0.15) is 5.10 Å². The van der Waals surface area contributed by atoms with Gasteiger partial charge in [0.1, 0.15) is 23.5 Å². The Morgan fingerprint density at radius 2 is 1.91 bits per heavy atom. The van der Waals surface area contributed by atoms with Crippen LogP contribution < -0.4 is 5.32 Å². The quantitative estimate of drug-likeness (QED) is 0.336. The van der Waals surface area contributed by atoms with Crippen LogP contribution in [0.25, 0.3) is 22.9 Å². The zero-order valence-corrected chi connectivity index (χ0v) is 19.2. The molecule has 182 valence electrons. The normalized spacial score (nSPS) is 11.5. The minimum Gasteiger partial charge on any atom is -0.481 e. The summed E-state index contributed by atoms with van der Waals surface area (Å²) in [6.45, 7) is 3.65. The standard InChI is InChI=1S/C24H24F2N6O3/c1-3-24(4-2,23(33)34)14-28-21-17(26)12-27-22(29-21)19-11-20(18-9-10-35-31-18)32(30-19)13-15-7-5-6-8-16(15)25/h5-12H,3-4,13-14H2,1-2H3,(H,33,34)(H,27,28,29). The maximum Gasteiger partial charge on any atom is 0.311 e. The van der Waals surface area contributed by atoms with E-state index in [2.05, 4.69) is 25.5 Å². The number of hydrogen-bond acceptors (Lipinski definition) is 7. The average molecular weight is 482 g/mol. The fraction of sp³-hybridized carbons (Fsp3) is 0.292. The van der Waals surface area contributed by atoms with Crippen LogP contribution >= 0.6 is 0 Å². The third kappa shape index (κ3) is 4.88. The highest BCUT2D eigenvalue weighted by Gasteiger charge is 2.35. The Kier molecular flexibility index (Phi) is 6.85. The number of aromatic nitrogens is 5. The highest BCUT2D eigenvalue weighted by atomic mass is 19.1. The lowest BCUT2D eigenvalue weighted by Crippen LogP contribution is -2.37. The summed E-state index contributed by atoms with van der Waals surface area (Å²) < 4.78 is 35.3. The van der Waals surface area contributed by atoms with Crippen molar-refractivity contribution in [2.45, 2.75) is 33.2 Å². The third-order valence-corrected chi connectivity index (χ3v) is 6.13. The van der Waals surface area contributed by atoms with Crippen LogP contribution in [0.1, 0.15) is 32.3 Å². The molecule has 0 amide bonds. The van der Waals surface area contributed by atoms with E-state index < -0.39 is 17.2 Å². The number of carbonyl (C=O) groups is 1. The van der Waals surface area contributed by atoms with Gasteiger partial charge in [-0.05, 0) is 25.0 Å². The van der Waals surface area contributed by atoms with Crippen LogP contribution in [0.4, 0.5) is 14.6 Å². The molecular formula is C24H24F2N6O3. The van der Waals surface area contributed by atoms with Crippen LogP contribution in [0.2, 0.25) is 0 Å². The second-order valence-corrected chi connectivity index (χ2v) is 8.08. The van der Waals surface area contributed by atoms with Crippen molar-refractivity contribution >= 4 is 11.8 Å². The molecule has 0 aliphatic carbocycles. The van der Waals surface area contributed by atoms with E-state index in [4.69, 9.17) is 4.52 Å². The fourth-order valence-electron chi connectivity index (χ4n) is 3.73. The zero-order chi connectivity index (χ0) is 25.0. The number of anilines is 1. The Balaban J connectivity index is 1.68. The topological polar surface area (TPSA) is 119 Å². The molecule has 9 nitrogen and oxygen atoms in total. The van der Waals surface area contributed by atoms with Crippen LogP contribution in [0.5, 0.6) is 0 Å². The van der Waals surface area contributed by atoms with Gasteiger partial charge in [0.25, 0.3) is 0 Å². The molecule has 1 aromatic carbocycles. The first kappa shape index (κ1) is 24.0. The average Bonchev–Trinajstić information content (AvgIpc) is 3.52. The van der Waals surface area contributed by atoms with E-state index in [0.717, 1.165) is 6.20 Å². The molecule has 0 aliphatic heterocycles. The van der Waals surface area contributed by atoms with E-state index in [0.29, 0.717) is 35.5 Å². The minimum atomic E-state index is -1.06. The number of rotatable bonds is 10. The van der Waals surface area contributed by atoms with Crippen molar-refractivity contribution in [2.75, 3.05) is 11.9 Å². The van der Waals surface area contributed by atoms with E-state index in [1.807, 2.05) is 0 Å². The lowest BCUT2D eigenvalue weighted by Gasteiger charge is -2.27. The summed E-state index contributed by atoms with van der Waals surface area (Å²) in [5.41, 5.74) is 0.661. The molecule has 0 radical (unpaired) electrons. The van der Waals surface area contributed by atoms with Crippen molar-refractivity contribution in [3.8, 4) is 22.9 Å². The first-order valence-corrected chi connectivity index (χ1v) is 11.1. The van der Waals surface area contributed by atoms with Crippen LogP contribution in [-0.4, -0.2) is 42.5 Å². The lowest BCUT2D eigenvalue weighted by molar-refractivity contribution is -0.148. The van der Waals surface area contributed by atoms with Gasteiger partial charge in [-0.1, -0.05) is 37.2 Å². The number of hydrogen-bond donors (Lipinski definition) is 2. The Morgan fingerprint density at radius 1 is 1.14 bits per heavy atom. The van der Waals surface area contributed by atoms with Crippen molar-refractivity contribution < 1.29 is 23.2 Å². The SMILES string of the molecule is CCC(CC)(CNc1nc(-c2cc(-c3ccon3)n(Cc3ccccc3F)n2)ncc1F)C(=O)O. The largest absolute Gasteiger partial charge is 0.481 e. The maximum absolute atomic E-state index is 14.5. The molecular weight excluding hydrogens is 458 g/mol. The fourth-order valence-corrected chi connectivity index (χ4v) is 3.73. The predicted molar refractivity (Wildman–Crippen MR) is 123 cm³/mol. The summed E-state index contributed by atoms with van der Waals surface area (Å²) in [5, 5.41) is 20.9. The number of halogens is 2. The van der Waals surface area contributed by atoms with Gasteiger partial charge in [0, 0.05) is 18.2 Å². The van der Waals surface area contributed by atoms with Gasteiger partial charge in [-0.15, -0.1) is 0 Å². The van der Waals surface area contributed by atoms with E-state index in [1.165, 1.54) is 17.0 Å². The van der Waals surface area contributed by atoms with E-state index in [-0.39, 0.29) is 30.5 Å². The van der Waals surface area contributed by atoms with Crippen molar-refractivity contribution in [3.63, 3.8) is 0 Å². The van der Waals surface area contributed by atoms with Crippen LogP contribution in [0.3, 0.4) is 0 Å². The monoisotopic (exact) mass is 482 g/mol. The van der Waals surface area contributed by atoms with Gasteiger partial charge in [0.05, 0.1) is 23.9 Å². The number of nitrogens with one attached hydrogen (secondary N) is 1. The number of aliphatic carboxylic acids is 1. The molecule has 0 bridgehead atoms. The molecule has 0 unspecified atom stereocenters. The first-order valence-electron chi connectivity index (χ1n) is 11.1. The highest BCUT2D eigenvalue weighted by Crippen LogP contribution is 2.29. The Bertz CT molecular complexity index is 1320. The van der Waals surface area contributed by atoms with E-state index in [1.54, 1.807) is 44.2 Å². The van der Waals surface area contributed by atoms with Crippen LogP contribution in [0, 0.1) is 17.0 Å². The summed E-state index contributed by atoms with van der Waals surface area (Å²) in [7, 11) is 0. The Hall–Kier alpha value is -4.15. The molecule has 35 heavy (non-hydrogen) atoms. The molecule has 0 saturated carbocycles. The second-order valence-electron chi connectivity index (χ2n) is 8.08. The van der Waals surface area contributed by atoms with Gasteiger partial charge >= 0.3 is 5.97 Å². The number of carboxylic acids is 1. The van der Waals surface area contributed by atoms with Gasteiger partial charge < -0.3 is 14.9 Å². The van der Waals surface area contributed by atoms with Gasteiger partial charge in [-0.3, -0.25) is 9.48 Å². The Labute approximate surface area is 199 Å². The van der Waals surface area contributed by atoms with Crippen molar-refractivity contribution in [1.29, 1.82) is 0 Å². The number of carboxylic acid groups (broad SMARTS) is 1. The Morgan fingerprint density at radius 3 is 2.57 bits per heavy atom. The summed E-state index contributed by atoms with van der Waals surface area (Å²) in [5.74, 6) is -2.08. The van der Waals surface area contributed by atoms with E-state index >= 15 is 0 Å². The molecule has 0 spiro atoms. The van der Waals surface area contributed by atoms with Crippen molar-refractivity contribution in [3.05, 3.63) is 66.1 Å². The van der Waals surface area contributed by atoms with Gasteiger partial charge in [0.15, 0.2) is 17.5 Å². The third-order valence-electron chi connectivity index (χ3n) is 6.13. The molecule has 4 aromatic rings. The predicted octanol–water partition coefficient (Wildman–Crippen LogP) is 4.62. The molecule has 0 fully saturated rings. The molecule has 0 atom stereocenters. The van der Waals surface area contributed by atoms with Crippen molar-refractivity contribution in [2.24, 2.45) is 5.41 Å². The zero-order valence-electron chi connectivity index (χ0n) is 19.2. The second kappa shape index (κ2) is 10.00. The number of benzene rings is 1. The number of nitrogens with zero attached hydrogens (tertiary/aromatic N) is 5. The molecule has 2 N–H and O–H groups in total. The highest BCUT2D eigenvalue weighted by molar-refractivity contribution is 5.75. The summed E-state index contributed by atoms with van der Waals surface area (Å²) >= 11 is 0. The van der Waals surface area contributed by atoms with E-state index in [9.17, 15) is 18.7 Å². The first-order chi connectivity index (χ1) is 16.9. The summed E-state index contributed by atoms with van der Waals surface area (Å²) in [6.07, 6.45) is 3.14. The lowest BCUT2D eigenvalue weighted by atomic mass is 9.82. The summed E-state index contributed by atoms with van der Waals surface area (Å²) in [6, 6.07) is 9.62. The summed E-state index contributed by atoms with van der Waals surface area (Å²) in [4.78, 5) is 20.1. The van der Waals surface area contributed by atoms with Crippen LogP contribution in [-0.2, 0) is 11.3 Å². The molecule has 3 heterocycles.